The minimum absolute atomic E-state index is 0.108. The van der Waals surface area contributed by atoms with Crippen molar-refractivity contribution in [2.24, 2.45) is 0 Å². The van der Waals surface area contributed by atoms with Gasteiger partial charge < -0.3 is 4.90 Å². The molecule has 1 aromatic carbocycles. The highest BCUT2D eigenvalue weighted by molar-refractivity contribution is 6.19. The topological polar surface area (TPSA) is 116 Å². The maximum absolute atomic E-state index is 12.0. The van der Waals surface area contributed by atoms with Gasteiger partial charge in [-0.05, 0) is 30.2 Å². The van der Waals surface area contributed by atoms with Crippen molar-refractivity contribution in [3.05, 3.63) is 50.6 Å². The Bertz CT molecular complexity index is 859. The normalized spacial score (nSPS) is 16.0. The van der Waals surface area contributed by atoms with Gasteiger partial charge in [-0.1, -0.05) is 6.07 Å². The number of benzene rings is 1. The molecule has 1 aliphatic rings. The van der Waals surface area contributed by atoms with Crippen molar-refractivity contribution in [2.45, 2.75) is 6.92 Å². The average Bonchev–Trinajstić information content (AvgIpc) is 2.51. The summed E-state index contributed by atoms with van der Waals surface area (Å²) in [4.78, 5) is 35.9. The zero-order valence-electron chi connectivity index (χ0n) is 13.3. The van der Waals surface area contributed by atoms with Crippen LogP contribution in [-0.2, 0) is 9.59 Å². The number of nitro groups is 1. The second-order valence-electron chi connectivity index (χ2n) is 5.35. The first-order chi connectivity index (χ1) is 11.3. The third-order valence-corrected chi connectivity index (χ3v) is 3.58. The van der Waals surface area contributed by atoms with E-state index < -0.39 is 16.7 Å². The van der Waals surface area contributed by atoms with Gasteiger partial charge in [-0.25, -0.2) is 0 Å². The van der Waals surface area contributed by atoms with Crippen LogP contribution in [0.2, 0.25) is 0 Å². The van der Waals surface area contributed by atoms with Crippen molar-refractivity contribution in [1.29, 1.82) is 5.26 Å². The second-order valence-corrected chi connectivity index (χ2v) is 5.35. The quantitative estimate of drug-likeness (QED) is 0.390. The zero-order valence-corrected chi connectivity index (χ0v) is 13.3. The number of hydrogen-bond donors (Lipinski definition) is 1. The van der Waals surface area contributed by atoms with Crippen molar-refractivity contribution < 1.29 is 14.5 Å². The van der Waals surface area contributed by atoms with Gasteiger partial charge in [-0.15, -0.1) is 0 Å². The molecule has 0 radical (unpaired) electrons. The summed E-state index contributed by atoms with van der Waals surface area (Å²) in [6, 6.07) is 6.29. The molecule has 1 heterocycles. The van der Waals surface area contributed by atoms with E-state index in [1.165, 1.54) is 19.1 Å². The number of carbonyl (C=O) groups is 2. The third-order valence-electron chi connectivity index (χ3n) is 3.58. The number of carbonyl (C=O) groups excluding carboxylic acids is 2. The lowest BCUT2D eigenvalue weighted by Gasteiger charge is -2.16. The van der Waals surface area contributed by atoms with Gasteiger partial charge in [0.05, 0.1) is 4.92 Å². The van der Waals surface area contributed by atoms with E-state index in [4.69, 9.17) is 5.26 Å². The first-order valence-corrected chi connectivity index (χ1v) is 6.90. The van der Waals surface area contributed by atoms with Gasteiger partial charge in [0.1, 0.15) is 17.3 Å². The van der Waals surface area contributed by atoms with Gasteiger partial charge in [0.25, 0.3) is 17.5 Å². The summed E-state index contributed by atoms with van der Waals surface area (Å²) >= 11 is 0. The molecule has 0 fully saturated rings. The van der Waals surface area contributed by atoms with Crippen molar-refractivity contribution in [3.63, 3.8) is 0 Å². The van der Waals surface area contributed by atoms with Crippen LogP contribution in [0.5, 0.6) is 0 Å². The van der Waals surface area contributed by atoms with Crippen molar-refractivity contribution in [2.75, 3.05) is 19.0 Å². The summed E-state index contributed by atoms with van der Waals surface area (Å²) in [5.41, 5.74) is 0.950. The van der Waals surface area contributed by atoms with E-state index >= 15 is 0 Å². The Morgan fingerprint density at radius 1 is 1.29 bits per heavy atom. The summed E-state index contributed by atoms with van der Waals surface area (Å²) in [7, 11) is 3.37. The van der Waals surface area contributed by atoms with E-state index in [1.807, 2.05) is 0 Å². The summed E-state index contributed by atoms with van der Waals surface area (Å²) < 4.78 is 0. The van der Waals surface area contributed by atoms with E-state index in [-0.39, 0.29) is 22.4 Å². The van der Waals surface area contributed by atoms with Gasteiger partial charge in [-0.2, -0.15) is 5.26 Å². The Kier molecular flexibility index (Phi) is 4.46. The fourth-order valence-corrected chi connectivity index (χ4v) is 2.34. The van der Waals surface area contributed by atoms with Crippen LogP contribution in [0.3, 0.4) is 0 Å². The smallest absolute Gasteiger partial charge is 0.293 e. The predicted octanol–water partition coefficient (Wildman–Crippen LogP) is 1.54. The number of nitrogens with one attached hydrogen (secondary N) is 1. The fourth-order valence-electron chi connectivity index (χ4n) is 2.34. The number of anilines is 1. The Hall–Kier alpha value is -3.47. The molecular weight excluding hydrogens is 312 g/mol. The lowest BCUT2D eigenvalue weighted by Crippen LogP contribution is -2.37. The van der Waals surface area contributed by atoms with Crippen LogP contribution in [0, 0.1) is 21.4 Å². The number of amides is 2. The third kappa shape index (κ3) is 3.01. The van der Waals surface area contributed by atoms with Crippen LogP contribution < -0.4 is 10.2 Å². The summed E-state index contributed by atoms with van der Waals surface area (Å²) in [5, 5.41) is 22.3. The van der Waals surface area contributed by atoms with Gasteiger partial charge in [-0.3, -0.25) is 25.0 Å². The molecule has 0 atom stereocenters. The van der Waals surface area contributed by atoms with Crippen LogP contribution in [0.4, 0.5) is 11.4 Å². The Labute approximate surface area is 137 Å². The fraction of sp³-hybridized carbons (Fsp3) is 0.188. The number of imide groups is 1. The second kappa shape index (κ2) is 6.34. The maximum atomic E-state index is 12.0. The van der Waals surface area contributed by atoms with Gasteiger partial charge >= 0.3 is 0 Å². The maximum Gasteiger partial charge on any atom is 0.293 e. The standard InChI is InChI=1S/C16H14N4O4/c1-9-11(15(21)18-16(22)12(9)8-17)6-10-4-5-13(19(2)3)14(7-10)20(23)24/h4-7H,1-3H3,(H,18,21,22)/b11-6-. The molecule has 0 aliphatic carbocycles. The largest absolute Gasteiger partial charge is 0.372 e. The minimum Gasteiger partial charge on any atom is -0.372 e. The highest BCUT2D eigenvalue weighted by atomic mass is 16.6. The first kappa shape index (κ1) is 16.9. The van der Waals surface area contributed by atoms with Crippen molar-refractivity contribution >= 4 is 29.3 Å². The monoisotopic (exact) mass is 326 g/mol. The molecule has 0 unspecified atom stereocenters. The number of nitrogens with zero attached hydrogens (tertiary/aromatic N) is 3. The number of hydrogen-bond acceptors (Lipinski definition) is 6. The van der Waals surface area contributed by atoms with E-state index in [1.54, 1.807) is 37.2 Å². The molecule has 24 heavy (non-hydrogen) atoms. The van der Waals surface area contributed by atoms with Gasteiger partial charge in [0.15, 0.2) is 0 Å². The van der Waals surface area contributed by atoms with E-state index in [2.05, 4.69) is 5.32 Å². The van der Waals surface area contributed by atoms with Crippen molar-refractivity contribution in [3.8, 4) is 6.07 Å². The molecule has 0 bridgehead atoms. The molecular formula is C16H14N4O4. The number of nitriles is 1. The first-order valence-electron chi connectivity index (χ1n) is 6.90. The Morgan fingerprint density at radius 3 is 2.50 bits per heavy atom. The van der Waals surface area contributed by atoms with Gasteiger partial charge in [0, 0.05) is 25.7 Å². The molecule has 1 aliphatic heterocycles. The van der Waals surface area contributed by atoms with Crippen molar-refractivity contribution in [1.82, 2.24) is 5.32 Å². The molecule has 8 nitrogen and oxygen atoms in total. The molecule has 0 spiro atoms. The van der Waals surface area contributed by atoms with E-state index in [0.29, 0.717) is 11.3 Å². The van der Waals surface area contributed by atoms with E-state index in [0.717, 1.165) is 0 Å². The van der Waals surface area contributed by atoms with Gasteiger partial charge in [0.2, 0.25) is 0 Å². The summed E-state index contributed by atoms with van der Waals surface area (Å²) in [6.07, 6.45) is 1.42. The van der Waals surface area contributed by atoms with Crippen LogP contribution in [0.25, 0.3) is 6.08 Å². The van der Waals surface area contributed by atoms with Crippen LogP contribution in [-0.4, -0.2) is 30.8 Å². The molecule has 122 valence electrons. The van der Waals surface area contributed by atoms with Crippen LogP contribution >= 0.6 is 0 Å². The molecule has 8 heteroatoms. The lowest BCUT2D eigenvalue weighted by molar-refractivity contribution is -0.384. The molecule has 0 saturated carbocycles. The van der Waals surface area contributed by atoms with E-state index in [9.17, 15) is 19.7 Å². The summed E-state index contributed by atoms with van der Waals surface area (Å²) in [6.45, 7) is 1.49. The molecule has 0 saturated heterocycles. The lowest BCUT2D eigenvalue weighted by atomic mass is 9.95. The zero-order chi connectivity index (χ0) is 18.0. The number of rotatable bonds is 3. The summed E-state index contributed by atoms with van der Waals surface area (Å²) in [5.74, 6) is -1.39. The average molecular weight is 326 g/mol. The predicted molar refractivity (Wildman–Crippen MR) is 86.9 cm³/mol. The minimum atomic E-state index is -0.744. The number of nitro benzene ring substituents is 1. The van der Waals surface area contributed by atoms with Crippen LogP contribution in [0.15, 0.2) is 34.9 Å². The molecule has 1 aromatic rings. The molecule has 0 aromatic heterocycles. The Balaban J connectivity index is 2.59. The SMILES string of the molecule is CC1=C(C#N)C(=O)NC(=O)/C1=C\c1ccc(N(C)C)c([N+](=O)[O-])c1. The molecule has 2 rings (SSSR count). The molecule has 1 N–H and O–H groups in total. The highest BCUT2D eigenvalue weighted by Crippen LogP contribution is 2.30. The Morgan fingerprint density at radius 2 is 1.96 bits per heavy atom. The highest BCUT2D eigenvalue weighted by Gasteiger charge is 2.27. The van der Waals surface area contributed by atoms with Crippen LogP contribution in [0.1, 0.15) is 12.5 Å². The molecule has 2 amide bonds.